The summed E-state index contributed by atoms with van der Waals surface area (Å²) in [5, 5.41) is 0.909. The average Bonchev–Trinajstić information content (AvgIpc) is 2.57. The second-order valence-electron chi connectivity index (χ2n) is 3.12. The molecule has 0 saturated heterocycles. The van der Waals surface area contributed by atoms with Crippen molar-refractivity contribution < 1.29 is 0 Å². The third kappa shape index (κ3) is 1.64. The number of thiazole rings is 1. The minimum atomic E-state index is 0.909. The molecule has 0 aliphatic carbocycles. The first-order chi connectivity index (χ1) is 6.72. The van der Waals surface area contributed by atoms with Crippen molar-refractivity contribution in [1.29, 1.82) is 0 Å². The monoisotopic (exact) mass is 313 g/mol. The number of nitrogens with zero attached hydrogens (tertiary/aromatic N) is 1. The maximum atomic E-state index is 4.50. The van der Waals surface area contributed by atoms with Crippen LogP contribution >= 0.6 is 33.9 Å². The third-order valence-electron chi connectivity index (χ3n) is 2.10. The smallest absolute Gasteiger partial charge is 0.168 e. The van der Waals surface area contributed by atoms with Gasteiger partial charge in [0.1, 0.15) is 0 Å². The molecule has 0 fully saturated rings. The van der Waals surface area contributed by atoms with Gasteiger partial charge < -0.3 is 0 Å². The standard InChI is InChI=1S/C11H8INS/c1-7-3-4-8(2)11-10(7)13-9(14-11)5-6-12/h3-4H,1-2H3. The molecule has 1 heterocycles. The zero-order valence-corrected chi connectivity index (χ0v) is 10.9. The van der Waals surface area contributed by atoms with Crippen LogP contribution in [0.2, 0.25) is 0 Å². The predicted molar refractivity (Wildman–Crippen MR) is 70.0 cm³/mol. The first-order valence-electron chi connectivity index (χ1n) is 4.21. The Balaban J connectivity index is 2.79. The van der Waals surface area contributed by atoms with Crippen molar-refractivity contribution in [2.24, 2.45) is 0 Å². The van der Waals surface area contributed by atoms with Crippen LogP contribution in [-0.4, -0.2) is 4.98 Å². The molecule has 0 N–H and O–H groups in total. The zero-order valence-electron chi connectivity index (χ0n) is 7.89. The summed E-state index contributed by atoms with van der Waals surface area (Å²) in [6.07, 6.45) is 0. The van der Waals surface area contributed by atoms with Crippen molar-refractivity contribution >= 4 is 44.1 Å². The van der Waals surface area contributed by atoms with Crippen LogP contribution in [0.1, 0.15) is 16.1 Å². The molecule has 0 spiro atoms. The fourth-order valence-corrected chi connectivity index (χ4v) is 2.76. The first kappa shape index (κ1) is 9.94. The summed E-state index contributed by atoms with van der Waals surface area (Å²) in [5.41, 5.74) is 3.61. The second-order valence-corrected chi connectivity index (χ2v) is 4.65. The molecule has 0 saturated carbocycles. The highest BCUT2D eigenvalue weighted by Crippen LogP contribution is 2.27. The van der Waals surface area contributed by atoms with Crippen molar-refractivity contribution in [3.8, 4) is 9.85 Å². The van der Waals surface area contributed by atoms with Gasteiger partial charge in [0.25, 0.3) is 0 Å². The Hall–Kier alpha value is -0.600. The molecule has 1 aromatic heterocycles. The fraction of sp³-hybridized carbons (Fsp3) is 0.182. The van der Waals surface area contributed by atoms with Crippen molar-refractivity contribution in [3.05, 3.63) is 28.3 Å². The molecule has 0 unspecified atom stereocenters. The molecule has 0 bridgehead atoms. The first-order valence-corrected chi connectivity index (χ1v) is 6.10. The number of fused-ring (bicyclic) bond motifs is 1. The topological polar surface area (TPSA) is 12.9 Å². The average molecular weight is 313 g/mol. The second kappa shape index (κ2) is 3.87. The van der Waals surface area contributed by atoms with Crippen molar-refractivity contribution in [2.45, 2.75) is 13.8 Å². The maximum Gasteiger partial charge on any atom is 0.168 e. The summed E-state index contributed by atoms with van der Waals surface area (Å²) in [6, 6.07) is 4.25. The van der Waals surface area contributed by atoms with Gasteiger partial charge in [-0.15, -0.1) is 11.3 Å². The number of hydrogen-bond acceptors (Lipinski definition) is 2. The molecule has 1 aromatic carbocycles. The van der Waals surface area contributed by atoms with E-state index in [1.54, 1.807) is 11.3 Å². The van der Waals surface area contributed by atoms with Crippen LogP contribution in [0.5, 0.6) is 0 Å². The number of halogens is 1. The van der Waals surface area contributed by atoms with E-state index < -0.39 is 0 Å². The summed E-state index contributed by atoms with van der Waals surface area (Å²) >= 11 is 3.71. The number of rotatable bonds is 0. The van der Waals surface area contributed by atoms with Crippen LogP contribution in [0.15, 0.2) is 12.1 Å². The minimum Gasteiger partial charge on any atom is -0.227 e. The molecule has 70 valence electrons. The Kier molecular flexibility index (Phi) is 2.75. The summed E-state index contributed by atoms with van der Waals surface area (Å²) in [5.74, 6) is 3.00. The van der Waals surface area contributed by atoms with Crippen molar-refractivity contribution in [3.63, 3.8) is 0 Å². The quantitative estimate of drug-likeness (QED) is 0.534. The van der Waals surface area contributed by atoms with E-state index in [-0.39, 0.29) is 0 Å². The van der Waals surface area contributed by atoms with Gasteiger partial charge in [-0.2, -0.15) is 0 Å². The molecule has 1 nitrogen and oxygen atoms in total. The Morgan fingerprint density at radius 2 is 2.00 bits per heavy atom. The summed E-state index contributed by atoms with van der Waals surface area (Å²) in [7, 11) is 0. The van der Waals surface area contributed by atoms with Crippen LogP contribution in [0.25, 0.3) is 10.2 Å². The van der Waals surface area contributed by atoms with Gasteiger partial charge in [-0.1, -0.05) is 12.1 Å². The van der Waals surface area contributed by atoms with Crippen molar-refractivity contribution in [2.75, 3.05) is 0 Å². The van der Waals surface area contributed by atoms with Gasteiger partial charge in [-0.3, -0.25) is 0 Å². The number of aryl methyl sites for hydroxylation is 2. The number of aromatic nitrogens is 1. The lowest BCUT2D eigenvalue weighted by Gasteiger charge is -1.96. The van der Waals surface area contributed by atoms with E-state index in [0.29, 0.717) is 0 Å². The van der Waals surface area contributed by atoms with E-state index in [1.807, 2.05) is 22.6 Å². The van der Waals surface area contributed by atoms with Crippen LogP contribution < -0.4 is 0 Å². The van der Waals surface area contributed by atoms with E-state index >= 15 is 0 Å². The normalized spacial score (nSPS) is 9.93. The highest BCUT2D eigenvalue weighted by atomic mass is 127. The molecular formula is C11H8INS. The Morgan fingerprint density at radius 1 is 1.29 bits per heavy atom. The molecule has 0 aliphatic heterocycles. The van der Waals surface area contributed by atoms with E-state index in [2.05, 4.69) is 40.8 Å². The molecule has 3 heteroatoms. The lowest BCUT2D eigenvalue weighted by molar-refractivity contribution is 1.38. The van der Waals surface area contributed by atoms with E-state index in [1.165, 1.54) is 15.8 Å². The van der Waals surface area contributed by atoms with Gasteiger partial charge in [0.05, 0.1) is 10.2 Å². The lowest BCUT2D eigenvalue weighted by Crippen LogP contribution is -1.78. The summed E-state index contributed by atoms with van der Waals surface area (Å²) < 4.78 is 4.11. The lowest BCUT2D eigenvalue weighted by atomic mass is 10.1. The summed E-state index contributed by atoms with van der Waals surface area (Å²) in [4.78, 5) is 4.50. The number of hydrogen-bond donors (Lipinski definition) is 0. The minimum absolute atomic E-state index is 0.909. The van der Waals surface area contributed by atoms with E-state index in [0.717, 1.165) is 10.5 Å². The van der Waals surface area contributed by atoms with E-state index in [4.69, 9.17) is 0 Å². The highest BCUT2D eigenvalue weighted by molar-refractivity contribution is 14.1. The van der Waals surface area contributed by atoms with Gasteiger partial charge in [0.15, 0.2) is 5.01 Å². The molecule has 14 heavy (non-hydrogen) atoms. The van der Waals surface area contributed by atoms with Gasteiger partial charge in [0.2, 0.25) is 0 Å². The van der Waals surface area contributed by atoms with Gasteiger partial charge in [0, 0.05) is 22.6 Å². The van der Waals surface area contributed by atoms with Crippen molar-refractivity contribution in [1.82, 2.24) is 4.98 Å². The summed E-state index contributed by atoms with van der Waals surface area (Å²) in [6.45, 7) is 4.20. The Bertz CT molecular complexity index is 506. The Labute approximate surface area is 101 Å². The SMILES string of the molecule is Cc1ccc(C)c2sc(C#CI)nc12. The van der Waals surface area contributed by atoms with E-state index in [9.17, 15) is 0 Å². The van der Waals surface area contributed by atoms with Crippen LogP contribution in [0, 0.1) is 23.7 Å². The van der Waals surface area contributed by atoms with Crippen LogP contribution in [0.4, 0.5) is 0 Å². The molecular weight excluding hydrogens is 305 g/mol. The molecule has 0 atom stereocenters. The largest absolute Gasteiger partial charge is 0.227 e. The highest BCUT2D eigenvalue weighted by Gasteiger charge is 2.06. The molecule has 0 radical (unpaired) electrons. The molecule has 2 rings (SSSR count). The molecule has 0 aliphatic rings. The van der Waals surface area contributed by atoms with Gasteiger partial charge in [-0.05, 0) is 34.8 Å². The fourth-order valence-electron chi connectivity index (χ4n) is 1.35. The molecule has 2 aromatic rings. The third-order valence-corrected chi connectivity index (χ3v) is 3.47. The number of benzene rings is 1. The van der Waals surface area contributed by atoms with Crippen LogP contribution in [-0.2, 0) is 0 Å². The predicted octanol–water partition coefficient (Wildman–Crippen LogP) is 3.66. The van der Waals surface area contributed by atoms with Gasteiger partial charge in [-0.25, -0.2) is 4.98 Å². The van der Waals surface area contributed by atoms with Gasteiger partial charge >= 0.3 is 0 Å². The van der Waals surface area contributed by atoms with Crippen LogP contribution in [0.3, 0.4) is 0 Å². The molecule has 0 amide bonds. The Morgan fingerprint density at radius 3 is 2.64 bits per heavy atom. The maximum absolute atomic E-state index is 4.50. The zero-order chi connectivity index (χ0) is 10.1.